The molecule has 0 saturated heterocycles. The highest BCUT2D eigenvalue weighted by Crippen LogP contribution is 2.07. The van der Waals surface area contributed by atoms with Crippen LogP contribution in [0.25, 0.3) is 0 Å². The predicted octanol–water partition coefficient (Wildman–Crippen LogP) is 0.967. The average molecular weight is 236 g/mol. The van der Waals surface area contributed by atoms with Crippen molar-refractivity contribution in [3.05, 3.63) is 36.9 Å². The normalized spacial score (nSPS) is 11.7. The van der Waals surface area contributed by atoms with Crippen LogP contribution in [-0.2, 0) is 6.17 Å². The molecule has 6 heteroatoms. The van der Waals surface area contributed by atoms with Gasteiger partial charge < -0.3 is 0 Å². The van der Waals surface area contributed by atoms with E-state index in [9.17, 15) is 4.39 Å². The van der Waals surface area contributed by atoms with Gasteiger partial charge in [-0.1, -0.05) is 19.2 Å². The number of rotatable bonds is 3. The van der Waals surface area contributed by atoms with E-state index in [-0.39, 0.29) is 5.95 Å². The van der Waals surface area contributed by atoms with Crippen molar-refractivity contribution in [1.82, 2.24) is 19.7 Å². The second-order valence-electron chi connectivity index (χ2n) is 4.32. The lowest BCUT2D eigenvalue weighted by molar-refractivity contribution is 0.590. The summed E-state index contributed by atoms with van der Waals surface area (Å²) < 4.78 is 15.3. The monoisotopic (exact) mass is 236 g/mol. The van der Waals surface area contributed by atoms with Crippen molar-refractivity contribution in [3.8, 4) is 0 Å². The van der Waals surface area contributed by atoms with Crippen LogP contribution in [0.3, 0.4) is 0 Å². The molecule has 0 aromatic carbocycles. The Labute approximate surface area is 94.2 Å². The number of aromatic nitrogens is 4. The van der Waals surface area contributed by atoms with Crippen LogP contribution in [0.4, 0.5) is 4.39 Å². The molecular weight excluding hydrogens is 223 g/mol. The number of nitrogens with zero attached hydrogens (tertiary/aromatic N) is 4. The number of pyridine rings is 1. The second kappa shape index (κ2) is 4.13. The van der Waals surface area contributed by atoms with Gasteiger partial charge in [-0.05, 0) is 11.3 Å². The van der Waals surface area contributed by atoms with Crippen LogP contribution >= 0.6 is 0 Å². The molecule has 0 N–H and O–H groups in total. The van der Waals surface area contributed by atoms with Crippen molar-refractivity contribution in [2.75, 3.05) is 0 Å². The zero-order valence-corrected chi connectivity index (χ0v) is 10.3. The van der Waals surface area contributed by atoms with Gasteiger partial charge in [-0.15, -0.1) is 0 Å². The van der Waals surface area contributed by atoms with E-state index in [2.05, 4.69) is 28.2 Å². The van der Waals surface area contributed by atoms with E-state index in [1.807, 2.05) is 6.07 Å². The smallest absolute Gasteiger partial charge is 0.212 e. The quantitative estimate of drug-likeness (QED) is 0.589. The third-order valence-electron chi connectivity index (χ3n) is 2.51. The molecule has 2 heterocycles. The van der Waals surface area contributed by atoms with Gasteiger partial charge in [0.1, 0.15) is 20.7 Å². The van der Waals surface area contributed by atoms with Gasteiger partial charge in [0.25, 0.3) is 0 Å². The molecule has 0 aliphatic carbocycles. The molecule has 0 radical (unpaired) electrons. The van der Waals surface area contributed by atoms with E-state index >= 15 is 0 Å². The molecule has 0 fully saturated rings. The maximum Gasteiger partial charge on any atom is 0.212 e. The van der Waals surface area contributed by atoms with Crippen LogP contribution in [0.5, 0.6) is 0 Å². The summed E-state index contributed by atoms with van der Waals surface area (Å²) in [6, 6.07) is 3.58. The number of halogens is 1. The third-order valence-corrected chi connectivity index (χ3v) is 5.46. The lowest BCUT2D eigenvalue weighted by Gasteiger charge is -2.22. The van der Waals surface area contributed by atoms with Gasteiger partial charge in [0, 0.05) is 12.4 Å². The topological polar surface area (TPSA) is 43.6 Å². The number of hydrogen-bond acceptors (Lipinski definition) is 3. The largest absolute Gasteiger partial charge is 0.256 e. The first-order valence-corrected chi connectivity index (χ1v) is 8.24. The summed E-state index contributed by atoms with van der Waals surface area (Å²) in [5.41, 5.74) is 0. The molecule has 16 heavy (non-hydrogen) atoms. The molecule has 0 saturated carbocycles. The van der Waals surface area contributed by atoms with Crippen LogP contribution in [-0.4, -0.2) is 27.8 Å². The van der Waals surface area contributed by atoms with Gasteiger partial charge >= 0.3 is 0 Å². The van der Waals surface area contributed by atoms with Gasteiger partial charge in [0.05, 0.1) is 0 Å². The first-order valence-electron chi connectivity index (χ1n) is 5.03. The Kier molecular flexibility index (Phi) is 2.82. The molecule has 0 aliphatic rings. The molecule has 0 spiro atoms. The second-order valence-corrected chi connectivity index (χ2v) is 8.94. The lowest BCUT2D eigenvalue weighted by atomic mass is 10.5. The van der Waals surface area contributed by atoms with Gasteiger partial charge in [0.2, 0.25) is 5.95 Å². The summed E-state index contributed by atoms with van der Waals surface area (Å²) in [7, 11) is -1.91. The SMILES string of the molecule is C[Si](C)(Cn1cncn1)c1cccnc1F. The van der Waals surface area contributed by atoms with E-state index in [0.29, 0.717) is 6.17 Å². The van der Waals surface area contributed by atoms with E-state index in [0.717, 1.165) is 5.19 Å². The van der Waals surface area contributed by atoms with Crippen LogP contribution < -0.4 is 5.19 Å². The van der Waals surface area contributed by atoms with E-state index in [1.165, 1.54) is 12.5 Å². The lowest BCUT2D eigenvalue weighted by Crippen LogP contribution is -2.48. The maximum atomic E-state index is 13.6. The molecule has 84 valence electrons. The van der Waals surface area contributed by atoms with E-state index in [4.69, 9.17) is 0 Å². The van der Waals surface area contributed by atoms with Gasteiger partial charge in [0.15, 0.2) is 0 Å². The Morgan fingerprint density at radius 3 is 2.88 bits per heavy atom. The number of hydrogen-bond donors (Lipinski definition) is 0. The van der Waals surface area contributed by atoms with Crippen LogP contribution in [0.15, 0.2) is 31.0 Å². The molecule has 2 aromatic rings. The predicted molar refractivity (Wildman–Crippen MR) is 61.3 cm³/mol. The highest BCUT2D eigenvalue weighted by atomic mass is 28.3. The van der Waals surface area contributed by atoms with Crippen molar-refractivity contribution in [1.29, 1.82) is 0 Å². The Morgan fingerprint density at radius 2 is 2.25 bits per heavy atom. The van der Waals surface area contributed by atoms with Crippen LogP contribution in [0, 0.1) is 5.95 Å². The molecule has 2 rings (SSSR count). The van der Waals surface area contributed by atoms with Crippen LogP contribution in [0.2, 0.25) is 13.1 Å². The van der Waals surface area contributed by atoms with Gasteiger partial charge in [-0.3, -0.25) is 4.68 Å². The van der Waals surface area contributed by atoms with Gasteiger partial charge in [-0.25, -0.2) is 9.97 Å². The minimum atomic E-state index is -1.91. The highest BCUT2D eigenvalue weighted by Gasteiger charge is 2.28. The Hall–Kier alpha value is -1.56. The molecule has 0 amide bonds. The summed E-state index contributed by atoms with van der Waals surface area (Å²) in [6.07, 6.45) is 5.32. The summed E-state index contributed by atoms with van der Waals surface area (Å²) in [5.74, 6) is -0.362. The summed E-state index contributed by atoms with van der Waals surface area (Å²) in [5, 5.41) is 4.78. The van der Waals surface area contributed by atoms with Gasteiger partial charge in [-0.2, -0.15) is 9.49 Å². The molecule has 4 nitrogen and oxygen atoms in total. The zero-order chi connectivity index (χ0) is 11.6. The van der Waals surface area contributed by atoms with E-state index in [1.54, 1.807) is 17.1 Å². The molecule has 2 aromatic heterocycles. The zero-order valence-electron chi connectivity index (χ0n) is 9.26. The average Bonchev–Trinajstić information content (AvgIpc) is 2.70. The fourth-order valence-corrected chi connectivity index (χ4v) is 4.01. The summed E-state index contributed by atoms with van der Waals surface area (Å²) in [4.78, 5) is 7.58. The van der Waals surface area contributed by atoms with Crippen molar-refractivity contribution in [2.45, 2.75) is 19.3 Å². The standard InChI is InChI=1S/C10H13FN4Si/c1-16(2,8-15-7-12-6-14-15)9-4-3-5-13-10(9)11/h3-7H,8H2,1-2H3. The highest BCUT2D eigenvalue weighted by molar-refractivity contribution is 6.88. The van der Waals surface area contributed by atoms with Crippen molar-refractivity contribution in [3.63, 3.8) is 0 Å². The van der Waals surface area contributed by atoms with Crippen molar-refractivity contribution in [2.24, 2.45) is 0 Å². The fraction of sp³-hybridized carbons (Fsp3) is 0.300. The summed E-state index contributed by atoms with van der Waals surface area (Å²) in [6.45, 7) is 4.18. The first kappa shape index (κ1) is 10.9. The molecular formula is C10H13FN4Si. The Bertz CT molecular complexity index is 469. The first-order chi connectivity index (χ1) is 7.59. The maximum absolute atomic E-state index is 13.6. The fourth-order valence-electron chi connectivity index (χ4n) is 1.70. The minimum Gasteiger partial charge on any atom is -0.256 e. The molecule has 0 aliphatic heterocycles. The molecule has 0 bridgehead atoms. The minimum absolute atomic E-state index is 0.362. The van der Waals surface area contributed by atoms with Crippen molar-refractivity contribution >= 4 is 13.3 Å². The Morgan fingerprint density at radius 1 is 1.44 bits per heavy atom. The summed E-state index contributed by atoms with van der Waals surface area (Å²) >= 11 is 0. The van der Waals surface area contributed by atoms with Crippen molar-refractivity contribution < 1.29 is 4.39 Å². The molecule has 0 unspecified atom stereocenters. The van der Waals surface area contributed by atoms with E-state index < -0.39 is 8.07 Å². The third kappa shape index (κ3) is 2.16. The molecule has 0 atom stereocenters. The van der Waals surface area contributed by atoms with Crippen LogP contribution in [0.1, 0.15) is 0 Å². The Balaban J connectivity index is 2.28.